The summed E-state index contributed by atoms with van der Waals surface area (Å²) in [5.74, 6) is -0.229. The molecule has 0 saturated heterocycles. The van der Waals surface area contributed by atoms with Gasteiger partial charge in [-0.15, -0.1) is 10.2 Å². The topological polar surface area (TPSA) is 47.3 Å². The van der Waals surface area contributed by atoms with Crippen molar-refractivity contribution in [2.24, 2.45) is 0 Å². The summed E-state index contributed by atoms with van der Waals surface area (Å²) in [5.41, 5.74) is -0.435. The molecule has 4 nitrogen and oxygen atoms in total. The van der Waals surface area contributed by atoms with Gasteiger partial charge in [0.15, 0.2) is 16.6 Å². The smallest absolute Gasteiger partial charge is 0.293 e. The molecule has 26 heavy (non-hydrogen) atoms. The molecule has 136 valence electrons. The molecule has 0 bridgehead atoms. The van der Waals surface area contributed by atoms with Crippen molar-refractivity contribution in [1.29, 1.82) is 0 Å². The van der Waals surface area contributed by atoms with Gasteiger partial charge >= 0.3 is 6.18 Å². The van der Waals surface area contributed by atoms with E-state index in [2.05, 4.69) is 10.2 Å². The number of Topliss-reactive ketones (excluding diaryl/α,β-unsaturated/α-hetero) is 1. The highest BCUT2D eigenvalue weighted by Crippen LogP contribution is 2.34. The molecule has 1 atom stereocenters. The van der Waals surface area contributed by atoms with Crippen LogP contribution in [0.15, 0.2) is 41.7 Å². The number of pyridine rings is 1. The highest BCUT2D eigenvalue weighted by atomic mass is 35.5. The van der Waals surface area contributed by atoms with Crippen molar-refractivity contribution in [3.63, 3.8) is 0 Å². The minimum Gasteiger partial charge on any atom is -0.293 e. The number of halogens is 5. The number of thioether (sulfide) groups is 1. The van der Waals surface area contributed by atoms with Crippen molar-refractivity contribution in [2.75, 3.05) is 0 Å². The first-order valence-electron chi connectivity index (χ1n) is 7.24. The molecule has 2 heterocycles. The third kappa shape index (κ3) is 3.82. The van der Waals surface area contributed by atoms with Crippen LogP contribution >= 0.6 is 35.0 Å². The fraction of sp³-hybridized carbons (Fsp3) is 0.188. The van der Waals surface area contributed by atoms with Crippen molar-refractivity contribution in [3.8, 4) is 0 Å². The normalized spacial score (nSPS) is 13.2. The molecule has 0 aliphatic rings. The Balaban J connectivity index is 1.93. The summed E-state index contributed by atoms with van der Waals surface area (Å²) in [6, 6.07) is 7.23. The molecule has 1 aromatic carbocycles. The molecule has 0 fully saturated rings. The molecule has 0 aliphatic carbocycles. The number of nitrogens with zero attached hydrogens (tertiary/aromatic N) is 3. The van der Waals surface area contributed by atoms with Crippen LogP contribution in [0.3, 0.4) is 0 Å². The van der Waals surface area contributed by atoms with Gasteiger partial charge in [-0.2, -0.15) is 13.2 Å². The molecular weight excluding hydrogens is 410 g/mol. The van der Waals surface area contributed by atoms with Crippen LogP contribution in [0.5, 0.6) is 0 Å². The maximum Gasteiger partial charge on any atom is 0.417 e. The Hall–Kier alpha value is -1.77. The lowest BCUT2D eigenvalue weighted by Gasteiger charge is -2.11. The Labute approximate surface area is 160 Å². The molecular formula is C16H10Cl2F3N3OS. The van der Waals surface area contributed by atoms with Crippen LogP contribution in [0.2, 0.25) is 10.0 Å². The number of fused-ring (bicyclic) bond motifs is 1. The Kier molecular flexibility index (Phi) is 5.18. The van der Waals surface area contributed by atoms with Gasteiger partial charge in [0, 0.05) is 16.8 Å². The summed E-state index contributed by atoms with van der Waals surface area (Å²) in [6.07, 6.45) is -3.70. The minimum absolute atomic E-state index is 0.0876. The summed E-state index contributed by atoms with van der Waals surface area (Å²) < 4.78 is 40.1. The quantitative estimate of drug-likeness (QED) is 0.418. The predicted octanol–water partition coefficient (Wildman–Crippen LogP) is 5.42. The molecule has 10 heteroatoms. The zero-order valence-electron chi connectivity index (χ0n) is 13.1. The second kappa shape index (κ2) is 7.09. The summed E-state index contributed by atoms with van der Waals surface area (Å²) in [7, 11) is 0. The predicted molar refractivity (Wildman–Crippen MR) is 94.1 cm³/mol. The highest BCUT2D eigenvalue weighted by molar-refractivity contribution is 8.00. The van der Waals surface area contributed by atoms with E-state index in [-0.39, 0.29) is 21.6 Å². The van der Waals surface area contributed by atoms with Crippen LogP contribution in [0.4, 0.5) is 13.2 Å². The summed E-state index contributed by atoms with van der Waals surface area (Å²) >= 11 is 12.8. The maximum atomic E-state index is 13.0. The van der Waals surface area contributed by atoms with Crippen LogP contribution in [0.1, 0.15) is 22.8 Å². The molecule has 0 radical (unpaired) electrons. The summed E-state index contributed by atoms with van der Waals surface area (Å²) in [6.45, 7) is 1.63. The summed E-state index contributed by atoms with van der Waals surface area (Å²) in [5, 5.41) is 7.42. The molecule has 0 amide bonds. The number of ketones is 1. The number of alkyl halides is 3. The van der Waals surface area contributed by atoms with E-state index in [4.69, 9.17) is 23.2 Å². The van der Waals surface area contributed by atoms with Crippen LogP contribution in [0, 0.1) is 0 Å². The van der Waals surface area contributed by atoms with E-state index in [0.29, 0.717) is 10.6 Å². The fourth-order valence-corrected chi connectivity index (χ4v) is 3.59. The van der Waals surface area contributed by atoms with E-state index in [1.807, 2.05) is 0 Å². The third-order valence-electron chi connectivity index (χ3n) is 3.52. The number of carbonyl (C=O) groups is 1. The zero-order valence-corrected chi connectivity index (χ0v) is 15.4. The van der Waals surface area contributed by atoms with Crippen molar-refractivity contribution in [3.05, 3.63) is 57.7 Å². The van der Waals surface area contributed by atoms with E-state index in [9.17, 15) is 18.0 Å². The maximum absolute atomic E-state index is 13.0. The minimum atomic E-state index is -4.56. The SMILES string of the molecule is CC(Sc1nnc2c(Cl)cc(C(F)(F)F)cn12)C(=O)c1cccc(Cl)c1. The zero-order chi connectivity index (χ0) is 19.1. The van der Waals surface area contributed by atoms with E-state index in [1.54, 1.807) is 25.1 Å². The number of rotatable bonds is 4. The Morgan fingerprint density at radius 1 is 1.23 bits per heavy atom. The molecule has 3 aromatic rings. The van der Waals surface area contributed by atoms with Crippen molar-refractivity contribution in [2.45, 2.75) is 23.5 Å². The first-order valence-corrected chi connectivity index (χ1v) is 8.88. The first kappa shape index (κ1) is 19.0. The Morgan fingerprint density at radius 2 is 1.96 bits per heavy atom. The third-order valence-corrected chi connectivity index (χ3v) is 5.09. The van der Waals surface area contributed by atoms with Crippen LogP contribution in [0.25, 0.3) is 5.65 Å². The molecule has 3 rings (SSSR count). The van der Waals surface area contributed by atoms with E-state index < -0.39 is 17.0 Å². The van der Waals surface area contributed by atoms with Gasteiger partial charge in [0.25, 0.3) is 0 Å². The standard InChI is InChI=1S/C16H10Cl2F3N3OS/c1-8(13(25)9-3-2-4-11(17)5-9)26-15-23-22-14-12(18)6-10(7-24(14)15)16(19,20)21/h2-8H,1H3. The largest absolute Gasteiger partial charge is 0.417 e. The van der Waals surface area contributed by atoms with Crippen molar-refractivity contribution in [1.82, 2.24) is 14.6 Å². The second-order valence-electron chi connectivity index (χ2n) is 5.39. The molecule has 0 spiro atoms. The average molecular weight is 420 g/mol. The van der Waals surface area contributed by atoms with Gasteiger partial charge in [0.2, 0.25) is 0 Å². The monoisotopic (exact) mass is 419 g/mol. The second-order valence-corrected chi connectivity index (χ2v) is 7.54. The molecule has 0 aliphatic heterocycles. The average Bonchev–Trinajstić information content (AvgIpc) is 2.97. The fourth-order valence-electron chi connectivity index (χ4n) is 2.26. The Morgan fingerprint density at radius 3 is 2.62 bits per heavy atom. The summed E-state index contributed by atoms with van der Waals surface area (Å²) in [4.78, 5) is 12.5. The lowest BCUT2D eigenvalue weighted by molar-refractivity contribution is -0.137. The first-order chi connectivity index (χ1) is 12.2. The number of hydrogen-bond donors (Lipinski definition) is 0. The number of carbonyl (C=O) groups excluding carboxylic acids is 1. The molecule has 1 unspecified atom stereocenters. The van der Waals surface area contributed by atoms with Crippen molar-refractivity contribution < 1.29 is 18.0 Å². The Bertz CT molecular complexity index is 991. The van der Waals surface area contributed by atoms with Gasteiger partial charge in [-0.3, -0.25) is 9.20 Å². The highest BCUT2D eigenvalue weighted by Gasteiger charge is 2.32. The number of aromatic nitrogens is 3. The van der Waals surface area contributed by atoms with Crippen molar-refractivity contribution >= 4 is 46.4 Å². The van der Waals surface area contributed by atoms with Crippen LogP contribution in [-0.4, -0.2) is 25.6 Å². The van der Waals surface area contributed by atoms with Crippen LogP contribution in [-0.2, 0) is 6.18 Å². The number of benzene rings is 1. The van der Waals surface area contributed by atoms with Crippen LogP contribution < -0.4 is 0 Å². The lowest BCUT2D eigenvalue weighted by atomic mass is 10.1. The van der Waals surface area contributed by atoms with Gasteiger partial charge in [0.05, 0.1) is 15.8 Å². The molecule has 2 aromatic heterocycles. The lowest BCUT2D eigenvalue weighted by Crippen LogP contribution is -2.14. The van der Waals surface area contributed by atoms with Gasteiger partial charge in [-0.1, -0.05) is 47.1 Å². The van der Waals surface area contributed by atoms with E-state index >= 15 is 0 Å². The number of hydrogen-bond acceptors (Lipinski definition) is 4. The van der Waals surface area contributed by atoms with Gasteiger partial charge in [0.1, 0.15) is 0 Å². The van der Waals surface area contributed by atoms with Gasteiger partial charge in [-0.05, 0) is 25.1 Å². The molecule has 0 N–H and O–H groups in total. The van der Waals surface area contributed by atoms with Gasteiger partial charge < -0.3 is 0 Å². The van der Waals surface area contributed by atoms with Gasteiger partial charge in [-0.25, -0.2) is 0 Å². The molecule has 0 saturated carbocycles. The van der Waals surface area contributed by atoms with E-state index in [1.165, 1.54) is 6.07 Å². The van der Waals surface area contributed by atoms with E-state index in [0.717, 1.165) is 28.4 Å².